The Bertz CT molecular complexity index is 880. The van der Waals surface area contributed by atoms with Gasteiger partial charge in [-0.25, -0.2) is 4.79 Å². The Hall–Kier alpha value is -3.13. The number of nitro benzene ring substituents is 1. The molecule has 2 aromatic rings. The smallest absolute Gasteiger partial charge is 0.353 e. The number of amidine groups is 1. The third kappa shape index (κ3) is 5.20. The Labute approximate surface area is 166 Å². The van der Waals surface area contributed by atoms with E-state index in [4.69, 9.17) is 16.4 Å². The first-order valence-corrected chi connectivity index (χ1v) is 9.22. The fourth-order valence-corrected chi connectivity index (χ4v) is 3.04. The number of hydrogen-bond acceptors (Lipinski definition) is 5. The van der Waals surface area contributed by atoms with E-state index < -0.39 is 11.0 Å². The van der Waals surface area contributed by atoms with Gasteiger partial charge in [0.15, 0.2) is 5.84 Å². The lowest BCUT2D eigenvalue weighted by molar-refractivity contribution is -0.384. The van der Waals surface area contributed by atoms with Gasteiger partial charge in [0, 0.05) is 41.5 Å². The number of amides is 1. The van der Waals surface area contributed by atoms with E-state index in [2.05, 4.69) is 10.5 Å². The molecule has 0 spiro atoms. The van der Waals surface area contributed by atoms with Crippen LogP contribution >= 0.6 is 11.6 Å². The van der Waals surface area contributed by atoms with Crippen LogP contribution in [0, 0.1) is 10.1 Å². The number of anilines is 1. The van der Waals surface area contributed by atoms with Crippen LogP contribution in [0.4, 0.5) is 16.2 Å². The van der Waals surface area contributed by atoms with Crippen LogP contribution in [0.1, 0.15) is 24.8 Å². The van der Waals surface area contributed by atoms with Gasteiger partial charge in [0.25, 0.3) is 5.69 Å². The van der Waals surface area contributed by atoms with Gasteiger partial charge < -0.3 is 4.90 Å². The summed E-state index contributed by atoms with van der Waals surface area (Å²) < 4.78 is 0. The Morgan fingerprint density at radius 1 is 1.14 bits per heavy atom. The maximum Gasteiger partial charge on any atom is 0.437 e. The number of benzene rings is 2. The number of piperidine rings is 1. The molecule has 1 aliphatic heterocycles. The first-order chi connectivity index (χ1) is 13.5. The second kappa shape index (κ2) is 9.18. The third-order valence-corrected chi connectivity index (χ3v) is 4.53. The Balaban J connectivity index is 1.79. The molecule has 9 heteroatoms. The van der Waals surface area contributed by atoms with Crippen molar-refractivity contribution >= 4 is 34.9 Å². The number of hydrogen-bond donors (Lipinski definition) is 1. The molecule has 0 atom stereocenters. The van der Waals surface area contributed by atoms with Crippen LogP contribution in [0.5, 0.6) is 0 Å². The van der Waals surface area contributed by atoms with E-state index >= 15 is 0 Å². The van der Waals surface area contributed by atoms with E-state index in [1.807, 2.05) is 4.90 Å². The molecule has 1 aliphatic rings. The van der Waals surface area contributed by atoms with Crippen molar-refractivity contribution < 1.29 is 14.6 Å². The molecule has 1 amide bonds. The molecule has 146 valence electrons. The predicted molar refractivity (Wildman–Crippen MR) is 107 cm³/mol. The number of carbonyl (C=O) groups excluding carboxylic acids is 1. The molecule has 1 fully saturated rings. The van der Waals surface area contributed by atoms with Gasteiger partial charge in [-0.2, -0.15) is 0 Å². The van der Waals surface area contributed by atoms with Crippen molar-refractivity contribution in [1.29, 1.82) is 0 Å². The summed E-state index contributed by atoms with van der Waals surface area (Å²) in [6.45, 7) is 1.48. The molecule has 2 aromatic carbocycles. The molecule has 0 aromatic heterocycles. The zero-order valence-electron chi connectivity index (χ0n) is 15.0. The number of oxime groups is 1. The Kier molecular flexibility index (Phi) is 6.44. The van der Waals surface area contributed by atoms with Crippen LogP contribution in [0.15, 0.2) is 53.7 Å². The summed E-state index contributed by atoms with van der Waals surface area (Å²) >= 11 is 5.82. The molecule has 0 saturated carbocycles. The minimum absolute atomic E-state index is 0.0483. The second-order valence-corrected chi connectivity index (χ2v) is 6.72. The van der Waals surface area contributed by atoms with Gasteiger partial charge in [0.1, 0.15) is 0 Å². The van der Waals surface area contributed by atoms with Gasteiger partial charge in [0.05, 0.1) is 4.92 Å². The maximum atomic E-state index is 12.1. The molecule has 1 saturated heterocycles. The van der Waals surface area contributed by atoms with Crippen LogP contribution in [0.3, 0.4) is 0 Å². The summed E-state index contributed by atoms with van der Waals surface area (Å²) in [5.74, 6) is 0.398. The van der Waals surface area contributed by atoms with E-state index in [9.17, 15) is 14.9 Å². The summed E-state index contributed by atoms with van der Waals surface area (Å²) in [4.78, 5) is 29.7. The summed E-state index contributed by atoms with van der Waals surface area (Å²) in [6.07, 6.45) is 2.30. The van der Waals surface area contributed by atoms with Gasteiger partial charge >= 0.3 is 6.09 Å². The average Bonchev–Trinajstić information content (AvgIpc) is 2.71. The summed E-state index contributed by atoms with van der Waals surface area (Å²) in [7, 11) is 0. The zero-order chi connectivity index (χ0) is 19.9. The van der Waals surface area contributed by atoms with Gasteiger partial charge in [-0.05, 0) is 43.5 Å². The summed E-state index contributed by atoms with van der Waals surface area (Å²) in [6, 6.07) is 12.7. The highest BCUT2D eigenvalue weighted by Gasteiger charge is 2.20. The Morgan fingerprint density at radius 2 is 1.86 bits per heavy atom. The van der Waals surface area contributed by atoms with Crippen LogP contribution < -0.4 is 5.32 Å². The van der Waals surface area contributed by atoms with Crippen LogP contribution in [-0.2, 0) is 4.84 Å². The van der Waals surface area contributed by atoms with Gasteiger partial charge in [0.2, 0.25) is 0 Å². The van der Waals surface area contributed by atoms with Crippen LogP contribution in [-0.4, -0.2) is 34.8 Å². The van der Waals surface area contributed by atoms with Gasteiger partial charge in [-0.15, -0.1) is 0 Å². The van der Waals surface area contributed by atoms with Crippen molar-refractivity contribution in [2.24, 2.45) is 5.16 Å². The lowest BCUT2D eigenvalue weighted by Crippen LogP contribution is -2.36. The molecule has 0 unspecified atom stereocenters. The SMILES string of the molecule is O=C(Nc1ccc(Cl)cc1)ON=C(c1cccc([N+](=O)[O-])c1)N1CCCCC1. The Morgan fingerprint density at radius 3 is 2.54 bits per heavy atom. The van der Waals surface area contributed by atoms with E-state index in [-0.39, 0.29) is 5.69 Å². The monoisotopic (exact) mass is 402 g/mol. The average molecular weight is 403 g/mol. The largest absolute Gasteiger partial charge is 0.437 e. The molecule has 1 heterocycles. The molecule has 0 bridgehead atoms. The standard InChI is InChI=1S/C19H19ClN4O4/c20-15-7-9-16(10-8-15)21-19(25)28-22-18(23-11-2-1-3-12-23)14-5-4-6-17(13-14)24(26)27/h4-10,13H,1-3,11-12H2,(H,21,25). The number of rotatable bonds is 4. The van der Waals surface area contributed by atoms with Crippen molar-refractivity contribution in [1.82, 2.24) is 4.90 Å². The molecule has 0 aliphatic carbocycles. The lowest BCUT2D eigenvalue weighted by atomic mass is 10.1. The fraction of sp³-hybridized carbons (Fsp3) is 0.263. The van der Waals surface area contributed by atoms with Gasteiger partial charge in [-0.1, -0.05) is 28.9 Å². The van der Waals surface area contributed by atoms with Crippen LogP contribution in [0.25, 0.3) is 0 Å². The third-order valence-electron chi connectivity index (χ3n) is 4.28. The summed E-state index contributed by atoms with van der Waals surface area (Å²) in [5, 5.41) is 18.2. The summed E-state index contributed by atoms with van der Waals surface area (Å²) in [5.41, 5.74) is 0.989. The number of halogens is 1. The van der Waals surface area contributed by atoms with Crippen molar-refractivity contribution in [2.75, 3.05) is 18.4 Å². The molecule has 0 radical (unpaired) electrons. The minimum atomic E-state index is -0.762. The number of nitrogens with zero attached hydrogens (tertiary/aromatic N) is 3. The number of nitrogens with one attached hydrogen (secondary N) is 1. The minimum Gasteiger partial charge on any atom is -0.353 e. The highest BCUT2D eigenvalue weighted by atomic mass is 35.5. The number of carbonyl (C=O) groups is 1. The molecular weight excluding hydrogens is 384 g/mol. The quantitative estimate of drug-likeness (QED) is 0.264. The van der Waals surface area contributed by atoms with Crippen molar-refractivity contribution in [3.05, 3.63) is 69.2 Å². The zero-order valence-corrected chi connectivity index (χ0v) is 15.8. The molecule has 3 rings (SSSR count). The molecule has 28 heavy (non-hydrogen) atoms. The topological polar surface area (TPSA) is 97.1 Å². The van der Waals surface area contributed by atoms with E-state index in [0.29, 0.717) is 22.1 Å². The fourth-order valence-electron chi connectivity index (χ4n) is 2.92. The first-order valence-electron chi connectivity index (χ1n) is 8.84. The van der Waals surface area contributed by atoms with Crippen molar-refractivity contribution in [3.8, 4) is 0 Å². The predicted octanol–water partition coefficient (Wildman–Crippen LogP) is 4.64. The number of likely N-dealkylation sites (tertiary alicyclic amines) is 1. The lowest BCUT2D eigenvalue weighted by Gasteiger charge is -2.29. The highest BCUT2D eigenvalue weighted by molar-refractivity contribution is 6.30. The van der Waals surface area contributed by atoms with E-state index in [0.717, 1.165) is 32.4 Å². The van der Waals surface area contributed by atoms with E-state index in [1.165, 1.54) is 12.1 Å². The number of nitro groups is 1. The molecule has 8 nitrogen and oxygen atoms in total. The maximum absolute atomic E-state index is 12.1. The molecular formula is C19H19ClN4O4. The number of non-ortho nitro benzene ring substituents is 1. The second-order valence-electron chi connectivity index (χ2n) is 6.28. The highest BCUT2D eigenvalue weighted by Crippen LogP contribution is 2.19. The molecule has 1 N–H and O–H groups in total. The van der Waals surface area contributed by atoms with Gasteiger partial charge in [-0.3, -0.25) is 20.3 Å². The van der Waals surface area contributed by atoms with Crippen molar-refractivity contribution in [2.45, 2.75) is 19.3 Å². The normalized spacial score (nSPS) is 14.5. The first kappa shape index (κ1) is 19.6. The van der Waals surface area contributed by atoms with E-state index in [1.54, 1.807) is 36.4 Å². The van der Waals surface area contributed by atoms with Crippen LogP contribution in [0.2, 0.25) is 5.02 Å². The van der Waals surface area contributed by atoms with Crippen molar-refractivity contribution in [3.63, 3.8) is 0 Å².